The molecule has 6 nitrogen and oxygen atoms in total. The van der Waals surface area contributed by atoms with Crippen molar-refractivity contribution in [3.05, 3.63) is 0 Å². The molecular weight excluding hydrogens is 250 g/mol. The van der Waals surface area contributed by atoms with Crippen LogP contribution < -0.4 is 0 Å². The highest BCUT2D eigenvalue weighted by atomic mass is 16.8. The Balaban J connectivity index is 1.67. The minimum Gasteiger partial charge on any atom is -0.429 e. The highest BCUT2D eigenvalue weighted by Crippen LogP contribution is 2.38. The number of terminal acetylenes is 1. The van der Waals surface area contributed by atoms with Gasteiger partial charge in [0.05, 0.1) is 0 Å². The Morgan fingerprint density at radius 2 is 2.05 bits per heavy atom. The Bertz CT molecular complexity index is 423. The second-order valence-corrected chi connectivity index (χ2v) is 4.67. The molecular formula is C13H15NO5. The molecule has 0 spiro atoms. The first kappa shape index (κ1) is 13.4. The first-order valence-corrected chi connectivity index (χ1v) is 6.29. The van der Waals surface area contributed by atoms with Crippen LogP contribution in [0.25, 0.3) is 0 Å². The number of amides is 2. The Hall–Kier alpha value is -2.03. The molecule has 0 aromatic carbocycles. The molecule has 0 radical (unpaired) electrons. The van der Waals surface area contributed by atoms with Gasteiger partial charge < -0.3 is 4.74 Å². The SMILES string of the molecule is C#CCCCC1C[C@H]1OC(=O)ON1C(=O)CCC1=O. The van der Waals surface area contributed by atoms with Crippen molar-refractivity contribution in [1.82, 2.24) is 5.06 Å². The number of nitrogens with zero attached hydrogens (tertiary/aromatic N) is 1. The highest BCUT2D eigenvalue weighted by molar-refractivity contribution is 6.01. The maximum atomic E-state index is 11.4. The van der Waals surface area contributed by atoms with Crippen LogP contribution in [0.2, 0.25) is 0 Å². The van der Waals surface area contributed by atoms with Crippen molar-refractivity contribution in [1.29, 1.82) is 0 Å². The number of carbonyl (C=O) groups excluding carboxylic acids is 3. The minimum absolute atomic E-state index is 0.0737. The molecule has 1 saturated carbocycles. The monoisotopic (exact) mass is 265 g/mol. The predicted molar refractivity (Wildman–Crippen MR) is 63.2 cm³/mol. The van der Waals surface area contributed by atoms with Gasteiger partial charge in [-0.1, -0.05) is 5.06 Å². The average molecular weight is 265 g/mol. The summed E-state index contributed by atoms with van der Waals surface area (Å²) in [6.45, 7) is 0. The number of hydrogen-bond donors (Lipinski definition) is 0. The van der Waals surface area contributed by atoms with E-state index in [1.807, 2.05) is 0 Å². The summed E-state index contributed by atoms with van der Waals surface area (Å²) in [5.41, 5.74) is 0. The van der Waals surface area contributed by atoms with Crippen LogP contribution in [0.4, 0.5) is 4.79 Å². The van der Waals surface area contributed by atoms with E-state index in [1.165, 1.54) is 0 Å². The number of imide groups is 1. The third-order valence-corrected chi connectivity index (χ3v) is 3.17. The molecule has 19 heavy (non-hydrogen) atoms. The van der Waals surface area contributed by atoms with E-state index in [4.69, 9.17) is 11.2 Å². The lowest BCUT2D eigenvalue weighted by molar-refractivity contribution is -0.177. The van der Waals surface area contributed by atoms with E-state index in [0.717, 1.165) is 19.3 Å². The fourth-order valence-corrected chi connectivity index (χ4v) is 2.01. The molecule has 2 atom stereocenters. The van der Waals surface area contributed by atoms with Gasteiger partial charge in [-0.25, -0.2) is 4.79 Å². The van der Waals surface area contributed by atoms with Gasteiger partial charge in [0.15, 0.2) is 0 Å². The van der Waals surface area contributed by atoms with Gasteiger partial charge in [0, 0.05) is 19.3 Å². The standard InChI is InChI=1S/C13H15NO5/c1-2-3-4-5-9-8-10(9)18-13(17)19-14-11(15)6-7-12(14)16/h1,9-10H,3-8H2/t9?,10-/m1/s1. The van der Waals surface area contributed by atoms with Gasteiger partial charge in [-0.15, -0.1) is 12.3 Å². The molecule has 1 unspecified atom stereocenters. The molecule has 0 bridgehead atoms. The van der Waals surface area contributed by atoms with Gasteiger partial charge in [0.2, 0.25) is 0 Å². The zero-order valence-electron chi connectivity index (χ0n) is 10.5. The van der Waals surface area contributed by atoms with E-state index >= 15 is 0 Å². The number of unbranched alkanes of at least 4 members (excludes halogenated alkanes) is 1. The van der Waals surface area contributed by atoms with Crippen LogP contribution in [-0.2, 0) is 19.2 Å². The van der Waals surface area contributed by atoms with Crippen LogP contribution in [0.5, 0.6) is 0 Å². The van der Waals surface area contributed by atoms with Gasteiger partial charge in [0.25, 0.3) is 11.8 Å². The summed E-state index contributed by atoms with van der Waals surface area (Å²) >= 11 is 0. The lowest BCUT2D eigenvalue weighted by Gasteiger charge is -2.12. The van der Waals surface area contributed by atoms with Crippen molar-refractivity contribution >= 4 is 18.0 Å². The second kappa shape index (κ2) is 5.74. The van der Waals surface area contributed by atoms with Gasteiger partial charge in [0.1, 0.15) is 6.10 Å². The molecule has 2 amide bonds. The van der Waals surface area contributed by atoms with Crippen molar-refractivity contribution in [2.75, 3.05) is 0 Å². The van der Waals surface area contributed by atoms with Crippen LogP contribution in [0.15, 0.2) is 0 Å². The Labute approximate surface area is 111 Å². The largest absolute Gasteiger partial charge is 0.534 e. The summed E-state index contributed by atoms with van der Waals surface area (Å²) in [4.78, 5) is 38.4. The quantitative estimate of drug-likeness (QED) is 0.325. The number of hydroxylamine groups is 2. The van der Waals surface area contributed by atoms with Crippen molar-refractivity contribution in [3.8, 4) is 12.3 Å². The third-order valence-electron chi connectivity index (χ3n) is 3.17. The normalized spacial score (nSPS) is 25.1. The number of carbonyl (C=O) groups is 3. The van der Waals surface area contributed by atoms with Gasteiger partial charge in [-0.2, -0.15) is 0 Å². The summed E-state index contributed by atoms with van der Waals surface area (Å²) in [7, 11) is 0. The van der Waals surface area contributed by atoms with Crippen LogP contribution >= 0.6 is 0 Å². The van der Waals surface area contributed by atoms with Crippen LogP contribution in [-0.4, -0.2) is 29.1 Å². The van der Waals surface area contributed by atoms with E-state index in [-0.39, 0.29) is 18.9 Å². The molecule has 102 valence electrons. The van der Waals surface area contributed by atoms with Crippen LogP contribution in [0.1, 0.15) is 38.5 Å². The van der Waals surface area contributed by atoms with Crippen molar-refractivity contribution < 1.29 is 24.0 Å². The van der Waals surface area contributed by atoms with Crippen LogP contribution in [0.3, 0.4) is 0 Å². The highest BCUT2D eigenvalue weighted by Gasteiger charge is 2.42. The molecule has 2 aliphatic rings. The first-order valence-electron chi connectivity index (χ1n) is 6.29. The van der Waals surface area contributed by atoms with E-state index in [1.54, 1.807) is 0 Å². The number of ether oxygens (including phenoxy) is 1. The van der Waals surface area contributed by atoms with E-state index < -0.39 is 18.0 Å². The van der Waals surface area contributed by atoms with E-state index in [9.17, 15) is 14.4 Å². The summed E-state index contributed by atoms with van der Waals surface area (Å²) in [5, 5.41) is 0.484. The summed E-state index contributed by atoms with van der Waals surface area (Å²) < 4.78 is 5.00. The molecule has 1 aliphatic carbocycles. The number of rotatable bonds is 5. The summed E-state index contributed by atoms with van der Waals surface area (Å²) in [6.07, 6.45) is 7.42. The maximum absolute atomic E-state index is 11.4. The zero-order valence-corrected chi connectivity index (χ0v) is 10.5. The summed E-state index contributed by atoms with van der Waals surface area (Å²) in [5.74, 6) is 1.84. The lowest BCUT2D eigenvalue weighted by atomic mass is 10.2. The predicted octanol–water partition coefficient (Wildman–Crippen LogP) is 1.40. The molecule has 0 N–H and O–H groups in total. The molecule has 1 aliphatic heterocycles. The average Bonchev–Trinajstić information content (AvgIpc) is 3.03. The fraction of sp³-hybridized carbons (Fsp3) is 0.615. The van der Waals surface area contributed by atoms with Gasteiger partial charge in [-0.05, 0) is 25.2 Å². The smallest absolute Gasteiger partial charge is 0.429 e. The molecule has 0 aromatic rings. The topological polar surface area (TPSA) is 72.9 Å². The van der Waals surface area contributed by atoms with E-state index in [2.05, 4.69) is 10.8 Å². The summed E-state index contributed by atoms with van der Waals surface area (Å²) in [6, 6.07) is 0. The van der Waals surface area contributed by atoms with Gasteiger partial charge in [-0.3, -0.25) is 14.4 Å². The van der Waals surface area contributed by atoms with Crippen molar-refractivity contribution in [2.24, 2.45) is 5.92 Å². The maximum Gasteiger partial charge on any atom is 0.534 e. The Morgan fingerprint density at radius 3 is 2.68 bits per heavy atom. The van der Waals surface area contributed by atoms with Crippen molar-refractivity contribution in [2.45, 2.75) is 44.6 Å². The lowest BCUT2D eigenvalue weighted by Crippen LogP contribution is -2.32. The van der Waals surface area contributed by atoms with Gasteiger partial charge >= 0.3 is 6.16 Å². The zero-order chi connectivity index (χ0) is 13.8. The second-order valence-electron chi connectivity index (χ2n) is 4.67. The van der Waals surface area contributed by atoms with Crippen LogP contribution in [0, 0.1) is 18.3 Å². The Kier molecular flexibility index (Phi) is 4.05. The molecule has 2 fully saturated rings. The fourth-order valence-electron chi connectivity index (χ4n) is 2.01. The minimum atomic E-state index is -0.993. The van der Waals surface area contributed by atoms with E-state index in [0.29, 0.717) is 17.4 Å². The Morgan fingerprint density at radius 1 is 1.37 bits per heavy atom. The molecule has 1 heterocycles. The molecule has 0 aromatic heterocycles. The molecule has 6 heteroatoms. The number of hydrogen-bond acceptors (Lipinski definition) is 5. The molecule has 2 rings (SSSR count). The third kappa shape index (κ3) is 3.47. The molecule has 1 saturated heterocycles. The first-order chi connectivity index (χ1) is 9.11. The van der Waals surface area contributed by atoms with Crippen molar-refractivity contribution in [3.63, 3.8) is 0 Å².